The quantitative estimate of drug-likeness (QED) is 0.127. The summed E-state index contributed by atoms with van der Waals surface area (Å²) in [4.78, 5) is 1.09. The smallest absolute Gasteiger partial charge is 0.240 e. The van der Waals surface area contributed by atoms with Crippen LogP contribution in [0.1, 0.15) is 30.5 Å². The van der Waals surface area contributed by atoms with Crippen LogP contribution in [-0.4, -0.2) is 15.5 Å². The predicted molar refractivity (Wildman–Crippen MR) is 195 cm³/mol. The maximum Gasteiger partial charge on any atom is 0.240 e. The van der Waals surface area contributed by atoms with Gasteiger partial charge in [0.15, 0.2) is 0 Å². The fraction of sp³-hybridized carbons (Fsp3) is 0.122. The molecule has 248 valence electrons. The number of benzene rings is 6. The topological polar surface area (TPSA) is 71.1 Å². The second-order valence-corrected chi connectivity index (χ2v) is 14.2. The molecule has 2 atom stereocenters. The summed E-state index contributed by atoms with van der Waals surface area (Å²) in [6, 6.07) is 45.3. The monoisotopic (exact) mass is 688 g/mol. The van der Waals surface area contributed by atoms with Crippen LogP contribution in [0.5, 0.6) is 28.7 Å². The standard InChI is InChI=1S/C41H36O6S2/c1-29-5-15-37(16-6-29)46-48(42)39-25-9-31(10-26-39)30-7-17-38(18-8-30)47-49(43)40-27-23-36(24-28-40)45-35-21-13-33(14-22-35)41(2,3)32-11-19-34(44-4)20-12-32/h5-28H,1-4H3. The molecule has 2 unspecified atom stereocenters. The third kappa shape index (κ3) is 8.28. The summed E-state index contributed by atoms with van der Waals surface area (Å²) in [5.41, 5.74) is 5.15. The number of hydrogen-bond acceptors (Lipinski definition) is 6. The molecule has 0 heterocycles. The third-order valence-electron chi connectivity index (χ3n) is 8.24. The average Bonchev–Trinajstić information content (AvgIpc) is 3.13. The number of hydrogen-bond donors (Lipinski definition) is 0. The Hall–Kier alpha value is -5.18. The van der Waals surface area contributed by atoms with E-state index in [1.54, 1.807) is 67.8 Å². The first kappa shape index (κ1) is 33.7. The molecule has 6 aromatic rings. The van der Waals surface area contributed by atoms with Gasteiger partial charge in [-0.1, -0.05) is 80.1 Å². The van der Waals surface area contributed by atoms with Crippen molar-refractivity contribution in [2.75, 3.05) is 7.11 Å². The van der Waals surface area contributed by atoms with Crippen molar-refractivity contribution in [3.63, 3.8) is 0 Å². The van der Waals surface area contributed by atoms with Crippen LogP contribution in [0.2, 0.25) is 0 Å². The van der Waals surface area contributed by atoms with Gasteiger partial charge in [-0.15, -0.1) is 0 Å². The summed E-state index contributed by atoms with van der Waals surface area (Å²) in [7, 11) is 1.67. The van der Waals surface area contributed by atoms with E-state index in [9.17, 15) is 8.42 Å². The van der Waals surface area contributed by atoms with Crippen LogP contribution in [0.4, 0.5) is 0 Å². The Morgan fingerprint density at radius 2 is 0.796 bits per heavy atom. The molecule has 0 aliphatic carbocycles. The molecule has 0 aliphatic rings. The average molecular weight is 689 g/mol. The van der Waals surface area contributed by atoms with Crippen molar-refractivity contribution in [3.8, 4) is 39.9 Å². The van der Waals surface area contributed by atoms with E-state index in [0.717, 1.165) is 28.0 Å². The molecule has 0 saturated heterocycles. The lowest BCUT2D eigenvalue weighted by Gasteiger charge is -2.26. The van der Waals surface area contributed by atoms with Crippen LogP contribution in [0.3, 0.4) is 0 Å². The molecule has 0 radical (unpaired) electrons. The zero-order valence-electron chi connectivity index (χ0n) is 27.6. The number of aryl methyl sites for hydroxylation is 1. The van der Waals surface area contributed by atoms with Gasteiger partial charge in [-0.05, 0) is 114 Å². The normalized spacial score (nSPS) is 12.5. The molecule has 6 nitrogen and oxygen atoms in total. The van der Waals surface area contributed by atoms with Crippen molar-refractivity contribution in [3.05, 3.63) is 162 Å². The van der Waals surface area contributed by atoms with E-state index in [1.165, 1.54) is 5.56 Å². The summed E-state index contributed by atoms with van der Waals surface area (Å²) < 4.78 is 48.3. The highest BCUT2D eigenvalue weighted by atomic mass is 32.2. The fourth-order valence-electron chi connectivity index (χ4n) is 5.20. The third-order valence-corrected chi connectivity index (χ3v) is 10.2. The van der Waals surface area contributed by atoms with Gasteiger partial charge in [0, 0.05) is 5.41 Å². The van der Waals surface area contributed by atoms with Gasteiger partial charge in [-0.3, -0.25) is 0 Å². The van der Waals surface area contributed by atoms with E-state index in [4.69, 9.17) is 17.8 Å². The van der Waals surface area contributed by atoms with Crippen molar-refractivity contribution in [2.24, 2.45) is 0 Å². The van der Waals surface area contributed by atoms with E-state index in [0.29, 0.717) is 32.8 Å². The Bertz CT molecular complexity index is 2040. The Labute approximate surface area is 292 Å². The Morgan fingerprint density at radius 1 is 0.449 bits per heavy atom. The summed E-state index contributed by atoms with van der Waals surface area (Å²) >= 11 is -3.33. The molecule has 6 aromatic carbocycles. The van der Waals surface area contributed by atoms with E-state index in [-0.39, 0.29) is 5.41 Å². The minimum absolute atomic E-state index is 0.191. The SMILES string of the molecule is COc1ccc(C(C)(C)c2ccc(Oc3ccc(S(=O)Oc4ccc(-c5ccc(S(=O)Oc6ccc(C)cc6)cc5)cc4)cc3)cc2)cc1. The maximum atomic E-state index is 13.0. The van der Waals surface area contributed by atoms with Gasteiger partial charge in [-0.25, -0.2) is 8.42 Å². The highest BCUT2D eigenvalue weighted by Gasteiger charge is 2.23. The summed E-state index contributed by atoms with van der Waals surface area (Å²) in [5.74, 6) is 3.20. The fourth-order valence-corrected chi connectivity index (χ4v) is 6.68. The molecule has 8 heteroatoms. The molecule has 0 fully saturated rings. The Balaban J connectivity index is 1.02. The highest BCUT2D eigenvalue weighted by molar-refractivity contribution is 7.80. The van der Waals surface area contributed by atoms with Crippen molar-refractivity contribution in [1.29, 1.82) is 0 Å². The number of ether oxygens (including phenoxy) is 2. The van der Waals surface area contributed by atoms with E-state index >= 15 is 0 Å². The van der Waals surface area contributed by atoms with E-state index in [1.807, 2.05) is 67.6 Å². The van der Waals surface area contributed by atoms with Crippen LogP contribution in [0.15, 0.2) is 155 Å². The molecule has 0 aliphatic heterocycles. The molecule has 0 bridgehead atoms. The molecular formula is C41H36O6S2. The van der Waals surface area contributed by atoms with Crippen LogP contribution in [-0.2, 0) is 27.6 Å². The molecule has 0 amide bonds. The highest BCUT2D eigenvalue weighted by Crippen LogP contribution is 2.34. The van der Waals surface area contributed by atoms with Gasteiger partial charge in [0.2, 0.25) is 22.2 Å². The molecule has 0 aromatic heterocycles. The molecule has 0 spiro atoms. The molecule has 0 N–H and O–H groups in total. The van der Waals surface area contributed by atoms with Crippen LogP contribution in [0, 0.1) is 6.92 Å². The lowest BCUT2D eigenvalue weighted by atomic mass is 9.78. The van der Waals surface area contributed by atoms with Crippen molar-refractivity contribution < 1.29 is 26.3 Å². The van der Waals surface area contributed by atoms with Crippen molar-refractivity contribution in [1.82, 2.24) is 0 Å². The first-order valence-corrected chi connectivity index (χ1v) is 17.8. The Morgan fingerprint density at radius 3 is 1.24 bits per heavy atom. The predicted octanol–water partition coefficient (Wildman–Crippen LogP) is 9.99. The van der Waals surface area contributed by atoms with Gasteiger partial charge >= 0.3 is 0 Å². The molecule has 6 rings (SSSR count). The minimum atomic E-state index is -1.71. The molecular weight excluding hydrogens is 653 g/mol. The van der Waals surface area contributed by atoms with Gasteiger partial charge in [0.1, 0.15) is 28.7 Å². The summed E-state index contributed by atoms with van der Waals surface area (Å²) in [6.45, 7) is 6.36. The minimum Gasteiger partial charge on any atom is -0.497 e. The molecule has 0 saturated carbocycles. The van der Waals surface area contributed by atoms with Crippen LogP contribution < -0.4 is 17.8 Å². The van der Waals surface area contributed by atoms with Crippen LogP contribution in [0.25, 0.3) is 11.1 Å². The van der Waals surface area contributed by atoms with E-state index in [2.05, 4.69) is 38.1 Å². The number of methoxy groups -OCH3 is 1. The zero-order valence-corrected chi connectivity index (χ0v) is 29.3. The first-order chi connectivity index (χ1) is 23.7. The van der Waals surface area contributed by atoms with Gasteiger partial charge in [-0.2, -0.15) is 0 Å². The van der Waals surface area contributed by atoms with Crippen molar-refractivity contribution in [2.45, 2.75) is 36.0 Å². The number of rotatable bonds is 12. The second kappa shape index (κ2) is 14.9. The van der Waals surface area contributed by atoms with Crippen LogP contribution >= 0.6 is 0 Å². The molecule has 49 heavy (non-hydrogen) atoms. The van der Waals surface area contributed by atoms with Crippen molar-refractivity contribution >= 4 is 22.2 Å². The Kier molecular flexibility index (Phi) is 10.3. The van der Waals surface area contributed by atoms with Gasteiger partial charge < -0.3 is 17.8 Å². The zero-order chi connectivity index (χ0) is 34.4. The maximum absolute atomic E-state index is 13.0. The second-order valence-electron chi connectivity index (χ2n) is 11.9. The summed E-state index contributed by atoms with van der Waals surface area (Å²) in [5, 5.41) is 0. The largest absolute Gasteiger partial charge is 0.497 e. The summed E-state index contributed by atoms with van der Waals surface area (Å²) in [6.07, 6.45) is 0. The lowest BCUT2D eigenvalue weighted by molar-refractivity contribution is 0.414. The lowest BCUT2D eigenvalue weighted by Crippen LogP contribution is -2.18. The van der Waals surface area contributed by atoms with E-state index < -0.39 is 22.2 Å². The van der Waals surface area contributed by atoms with Gasteiger partial charge in [0.25, 0.3) is 0 Å². The first-order valence-electron chi connectivity index (χ1n) is 15.7. The van der Waals surface area contributed by atoms with Gasteiger partial charge in [0.05, 0.1) is 16.9 Å².